The lowest BCUT2D eigenvalue weighted by atomic mass is 10.0. The molecule has 7 N–H and O–H groups in total. The third-order valence-electron chi connectivity index (χ3n) is 1.84. The molecule has 0 aliphatic heterocycles. The van der Waals surface area contributed by atoms with Crippen LogP contribution in [-0.4, -0.2) is 68.7 Å². The molecule has 0 heterocycles. The fourth-order valence-corrected chi connectivity index (χ4v) is 0.618. The third-order valence-corrected chi connectivity index (χ3v) is 1.84. The zero-order valence-corrected chi connectivity index (χ0v) is 9.93. The van der Waals surface area contributed by atoms with Crippen molar-refractivity contribution < 1.29 is 35.1 Å². The van der Waals surface area contributed by atoms with Gasteiger partial charge in [0.1, 0.15) is 24.4 Å². The van der Waals surface area contributed by atoms with E-state index in [1.165, 1.54) is 0 Å². The van der Waals surface area contributed by atoms with E-state index in [-0.39, 0.29) is 6.29 Å². The third kappa shape index (κ3) is 7.87. The number of aldehydes is 1. The summed E-state index contributed by atoms with van der Waals surface area (Å²) in [6.07, 6.45) is -6.84. The number of aliphatic hydroxyl groups excluding tert-OH is 5. The minimum atomic E-state index is -1.79. The van der Waals surface area contributed by atoms with E-state index in [0.29, 0.717) is 5.57 Å². The topological polar surface area (TPSA) is 161 Å². The number of hydrogen-bond acceptors (Lipinski definition) is 7. The van der Waals surface area contributed by atoms with Gasteiger partial charge in [0.15, 0.2) is 6.29 Å². The Morgan fingerprint density at radius 2 is 1.67 bits per heavy atom. The molecule has 0 radical (unpaired) electrons. The summed E-state index contributed by atoms with van der Waals surface area (Å²) in [6, 6.07) is 0. The molecular weight excluding hydrogens is 246 g/mol. The molecule has 0 bridgehead atoms. The predicted octanol–water partition coefficient (Wildman–Crippen LogP) is -3.33. The monoisotopic (exact) mass is 265 g/mol. The van der Waals surface area contributed by atoms with E-state index in [1.807, 2.05) is 0 Å². The summed E-state index contributed by atoms with van der Waals surface area (Å²) in [5.41, 5.74) is 5.09. The summed E-state index contributed by atoms with van der Waals surface area (Å²) < 4.78 is 0. The van der Waals surface area contributed by atoms with E-state index in [1.54, 1.807) is 6.92 Å². The number of hydrogen-bond donors (Lipinski definition) is 6. The van der Waals surface area contributed by atoms with Gasteiger partial charge in [0.2, 0.25) is 5.91 Å². The van der Waals surface area contributed by atoms with Gasteiger partial charge in [-0.1, -0.05) is 6.58 Å². The highest BCUT2D eigenvalue weighted by molar-refractivity contribution is 5.90. The maximum absolute atomic E-state index is 9.90. The van der Waals surface area contributed by atoms with Crippen LogP contribution < -0.4 is 5.73 Å². The van der Waals surface area contributed by atoms with Crippen LogP contribution in [-0.2, 0) is 9.59 Å². The lowest BCUT2D eigenvalue weighted by molar-refractivity contribution is -0.136. The number of rotatable bonds is 6. The number of carbonyl (C=O) groups is 2. The molecule has 106 valence electrons. The minimum Gasteiger partial charge on any atom is -0.394 e. The molecule has 0 fully saturated rings. The van der Waals surface area contributed by atoms with Gasteiger partial charge in [-0.25, -0.2) is 0 Å². The molecule has 8 heteroatoms. The van der Waals surface area contributed by atoms with Crippen LogP contribution in [0.25, 0.3) is 0 Å². The van der Waals surface area contributed by atoms with Crippen molar-refractivity contribution in [3.05, 3.63) is 12.2 Å². The van der Waals surface area contributed by atoms with E-state index in [2.05, 4.69) is 6.58 Å². The zero-order valence-electron chi connectivity index (χ0n) is 9.93. The second-order valence-corrected chi connectivity index (χ2v) is 3.50. The smallest absolute Gasteiger partial charge is 0.243 e. The Kier molecular flexibility index (Phi) is 10.2. The summed E-state index contributed by atoms with van der Waals surface area (Å²) in [5.74, 6) is -0.435. The molecule has 8 nitrogen and oxygen atoms in total. The lowest BCUT2D eigenvalue weighted by Crippen LogP contribution is -2.46. The largest absolute Gasteiger partial charge is 0.394 e. The molecule has 0 aromatic carbocycles. The molecule has 0 aromatic rings. The minimum absolute atomic E-state index is 0.0258. The van der Waals surface area contributed by atoms with Crippen LogP contribution in [0, 0.1) is 0 Å². The Labute approximate surface area is 104 Å². The molecule has 18 heavy (non-hydrogen) atoms. The van der Waals surface area contributed by atoms with Crippen molar-refractivity contribution in [2.75, 3.05) is 6.61 Å². The Morgan fingerprint density at radius 3 is 1.89 bits per heavy atom. The van der Waals surface area contributed by atoms with Crippen LogP contribution in [0.5, 0.6) is 0 Å². The Morgan fingerprint density at radius 1 is 1.28 bits per heavy atom. The molecule has 0 saturated carbocycles. The lowest BCUT2D eigenvalue weighted by Gasteiger charge is -2.22. The van der Waals surface area contributed by atoms with Crippen molar-refractivity contribution in [1.29, 1.82) is 0 Å². The Balaban J connectivity index is 0. The summed E-state index contributed by atoms with van der Waals surface area (Å²) in [6.45, 7) is 4.09. The summed E-state index contributed by atoms with van der Waals surface area (Å²) in [4.78, 5) is 19.7. The van der Waals surface area contributed by atoms with Crippen LogP contribution in [0.1, 0.15) is 6.92 Å². The first kappa shape index (κ1) is 19.0. The zero-order chi connectivity index (χ0) is 14.9. The van der Waals surface area contributed by atoms with E-state index < -0.39 is 36.9 Å². The number of carbonyl (C=O) groups excluding carboxylic acids is 2. The van der Waals surface area contributed by atoms with E-state index in [0.717, 1.165) is 0 Å². The number of nitrogens with two attached hydrogens (primary N) is 1. The van der Waals surface area contributed by atoms with Crippen molar-refractivity contribution >= 4 is 12.2 Å². The quantitative estimate of drug-likeness (QED) is 0.216. The van der Waals surface area contributed by atoms with E-state index in [9.17, 15) is 9.59 Å². The highest BCUT2D eigenvalue weighted by Gasteiger charge is 2.29. The first-order valence-electron chi connectivity index (χ1n) is 4.92. The molecule has 0 spiro atoms. The van der Waals surface area contributed by atoms with Gasteiger partial charge in [0.05, 0.1) is 6.61 Å². The van der Waals surface area contributed by atoms with Crippen molar-refractivity contribution in [2.45, 2.75) is 31.3 Å². The molecular formula is C10H19NO7. The fourth-order valence-electron chi connectivity index (χ4n) is 0.618. The first-order valence-corrected chi connectivity index (χ1v) is 4.92. The molecule has 0 rings (SSSR count). The van der Waals surface area contributed by atoms with Gasteiger partial charge in [0.25, 0.3) is 0 Å². The first-order chi connectivity index (χ1) is 8.18. The van der Waals surface area contributed by atoms with Crippen LogP contribution in [0.3, 0.4) is 0 Å². The van der Waals surface area contributed by atoms with E-state index >= 15 is 0 Å². The van der Waals surface area contributed by atoms with Gasteiger partial charge < -0.3 is 36.1 Å². The van der Waals surface area contributed by atoms with Gasteiger partial charge in [-0.15, -0.1) is 0 Å². The number of aliphatic hydroxyl groups is 5. The number of primary amides is 1. The maximum Gasteiger partial charge on any atom is 0.243 e. The van der Waals surface area contributed by atoms with E-state index in [4.69, 9.17) is 31.3 Å². The summed E-state index contributed by atoms with van der Waals surface area (Å²) in [7, 11) is 0. The molecule has 0 unspecified atom stereocenters. The van der Waals surface area contributed by atoms with Gasteiger partial charge in [-0.05, 0) is 6.92 Å². The van der Waals surface area contributed by atoms with Crippen LogP contribution in [0.15, 0.2) is 12.2 Å². The van der Waals surface area contributed by atoms with Gasteiger partial charge in [-0.2, -0.15) is 0 Å². The van der Waals surface area contributed by atoms with Crippen LogP contribution in [0.4, 0.5) is 0 Å². The van der Waals surface area contributed by atoms with Crippen molar-refractivity contribution in [3.8, 4) is 0 Å². The Hall–Kier alpha value is -1.32. The maximum atomic E-state index is 9.90. The highest BCUT2D eigenvalue weighted by atomic mass is 16.4. The normalized spacial score (nSPS) is 16.6. The number of amides is 1. The van der Waals surface area contributed by atoms with Crippen molar-refractivity contribution in [1.82, 2.24) is 0 Å². The van der Waals surface area contributed by atoms with Crippen molar-refractivity contribution in [3.63, 3.8) is 0 Å². The molecule has 4 atom stereocenters. The highest BCUT2D eigenvalue weighted by Crippen LogP contribution is 2.02. The van der Waals surface area contributed by atoms with Gasteiger partial charge in [0, 0.05) is 5.57 Å². The standard InChI is InChI=1S/C6H12O6.C4H7NO/c7-1-3(9)5(11)6(12)4(10)2-8;1-3(2)4(5)6/h1,3-6,8-12H,2H2;1H2,2H3,(H2,5,6)/t3-,4+,5-,6+;/m0./s1. The second-order valence-electron chi connectivity index (χ2n) is 3.50. The molecule has 1 amide bonds. The molecule has 0 saturated heterocycles. The summed E-state index contributed by atoms with van der Waals surface area (Å²) in [5, 5.41) is 43.5. The molecule has 0 aliphatic carbocycles. The fraction of sp³-hybridized carbons (Fsp3) is 0.600. The molecule has 0 aromatic heterocycles. The summed E-state index contributed by atoms with van der Waals surface area (Å²) >= 11 is 0. The SMILES string of the molecule is C=C(C)C(N)=O.O=C[C@H](O)[C@H](O)[C@H](O)[C@H](O)CO. The predicted molar refractivity (Wildman–Crippen MR) is 61.2 cm³/mol. The Bertz CT molecular complexity index is 269. The average molecular weight is 265 g/mol. The van der Waals surface area contributed by atoms with Crippen LogP contribution in [0.2, 0.25) is 0 Å². The van der Waals surface area contributed by atoms with Gasteiger partial charge in [-0.3, -0.25) is 4.79 Å². The van der Waals surface area contributed by atoms with Crippen molar-refractivity contribution in [2.24, 2.45) is 5.73 Å². The second kappa shape index (κ2) is 9.68. The molecule has 0 aliphatic rings. The van der Waals surface area contributed by atoms with Gasteiger partial charge >= 0.3 is 0 Å². The average Bonchev–Trinajstić information content (AvgIpc) is 2.35. The van der Waals surface area contributed by atoms with Crippen LogP contribution >= 0.6 is 0 Å².